The fraction of sp³-hybridized carbons (Fsp3) is 0.290. The highest BCUT2D eigenvalue weighted by molar-refractivity contribution is 6.62. The van der Waals surface area contributed by atoms with Crippen molar-refractivity contribution in [1.82, 2.24) is 0 Å². The van der Waals surface area contributed by atoms with Gasteiger partial charge in [-0.1, -0.05) is 78.9 Å². The SMILES string of the molecule is CC1(C)OB(c2ccc3c(c2)C2=CCCC=C2C32c3ccccc3-c3ccccc32)OC1(C)C. The van der Waals surface area contributed by atoms with Crippen LogP contribution in [-0.4, -0.2) is 18.3 Å². The second-order valence-corrected chi connectivity index (χ2v) is 11.0. The average Bonchev–Trinajstić information content (AvgIpc) is 3.39. The number of allylic oxidation sites excluding steroid dienone is 4. The highest BCUT2D eigenvalue weighted by Crippen LogP contribution is 2.64. The van der Waals surface area contributed by atoms with Gasteiger partial charge in [-0.25, -0.2) is 0 Å². The highest BCUT2D eigenvalue weighted by Gasteiger charge is 2.55. The molecule has 1 fully saturated rings. The fourth-order valence-electron chi connectivity index (χ4n) is 6.48. The summed E-state index contributed by atoms with van der Waals surface area (Å²) in [5, 5.41) is 0. The Hall–Kier alpha value is -2.88. The van der Waals surface area contributed by atoms with Crippen LogP contribution in [0.25, 0.3) is 16.7 Å². The van der Waals surface area contributed by atoms with Crippen molar-refractivity contribution in [2.75, 3.05) is 0 Å². The molecule has 1 saturated heterocycles. The second-order valence-electron chi connectivity index (χ2n) is 11.0. The van der Waals surface area contributed by atoms with E-state index in [2.05, 4.69) is 107 Å². The van der Waals surface area contributed by atoms with Gasteiger partial charge in [0.15, 0.2) is 0 Å². The predicted octanol–water partition coefficient (Wildman–Crippen LogP) is 6.42. The first-order chi connectivity index (χ1) is 16.3. The quantitative estimate of drug-likeness (QED) is 0.404. The second kappa shape index (κ2) is 6.62. The minimum Gasteiger partial charge on any atom is -0.399 e. The van der Waals surface area contributed by atoms with Gasteiger partial charge < -0.3 is 9.31 Å². The summed E-state index contributed by atoms with van der Waals surface area (Å²) in [5.74, 6) is 0. The lowest BCUT2D eigenvalue weighted by molar-refractivity contribution is 0.00578. The van der Waals surface area contributed by atoms with Crippen molar-refractivity contribution in [3.8, 4) is 11.1 Å². The van der Waals surface area contributed by atoms with E-state index < -0.39 is 0 Å². The fourth-order valence-corrected chi connectivity index (χ4v) is 6.48. The van der Waals surface area contributed by atoms with Crippen LogP contribution in [0.15, 0.2) is 84.5 Å². The number of fused-ring (bicyclic) bond motifs is 10. The van der Waals surface area contributed by atoms with E-state index in [1.807, 2.05) is 0 Å². The van der Waals surface area contributed by atoms with Crippen LogP contribution >= 0.6 is 0 Å². The molecular formula is C31H29BO2. The molecule has 3 aromatic carbocycles. The molecule has 2 nitrogen and oxygen atoms in total. The standard InChI is InChI=1S/C31H29BO2/c1-29(2)30(3,4)34-32(33-29)20-17-18-28-24(19-20)23-13-7-10-16-27(23)31(28)25-14-8-5-11-21(25)22-12-6-9-15-26(22)31/h5-6,8-9,11-19H,7,10H2,1-4H3. The third kappa shape index (κ3) is 2.39. The molecule has 0 atom stereocenters. The average molecular weight is 444 g/mol. The van der Waals surface area contributed by atoms with E-state index in [9.17, 15) is 0 Å². The summed E-state index contributed by atoms with van der Waals surface area (Å²) < 4.78 is 12.8. The van der Waals surface area contributed by atoms with Crippen LogP contribution < -0.4 is 5.46 Å². The Labute approximate surface area is 202 Å². The first-order valence-electron chi connectivity index (χ1n) is 12.5. The third-order valence-electron chi connectivity index (χ3n) is 8.77. The molecule has 1 aliphatic heterocycles. The van der Waals surface area contributed by atoms with E-state index in [1.54, 1.807) is 0 Å². The van der Waals surface area contributed by atoms with E-state index in [4.69, 9.17) is 9.31 Å². The van der Waals surface area contributed by atoms with E-state index >= 15 is 0 Å². The van der Waals surface area contributed by atoms with Crippen LogP contribution in [0.1, 0.15) is 62.8 Å². The van der Waals surface area contributed by atoms with E-state index in [-0.39, 0.29) is 23.7 Å². The van der Waals surface area contributed by atoms with Crippen molar-refractivity contribution in [2.45, 2.75) is 57.2 Å². The van der Waals surface area contributed by atoms with Gasteiger partial charge in [0.2, 0.25) is 0 Å². The number of benzene rings is 3. The largest absolute Gasteiger partial charge is 0.494 e. The highest BCUT2D eigenvalue weighted by atomic mass is 16.7. The minimum absolute atomic E-state index is 0.247. The number of hydrogen-bond donors (Lipinski definition) is 0. The van der Waals surface area contributed by atoms with E-state index in [0.29, 0.717) is 0 Å². The lowest BCUT2D eigenvalue weighted by Crippen LogP contribution is -2.41. The summed E-state index contributed by atoms with van der Waals surface area (Å²) in [6.07, 6.45) is 7.10. The van der Waals surface area contributed by atoms with Gasteiger partial charge in [-0.2, -0.15) is 0 Å². The molecule has 34 heavy (non-hydrogen) atoms. The molecule has 3 heteroatoms. The van der Waals surface area contributed by atoms with Crippen LogP contribution in [0.2, 0.25) is 0 Å². The Morgan fingerprint density at radius 2 is 1.21 bits per heavy atom. The van der Waals surface area contributed by atoms with Gasteiger partial charge in [-0.3, -0.25) is 0 Å². The molecule has 3 aliphatic carbocycles. The normalized spacial score (nSPS) is 22.1. The van der Waals surface area contributed by atoms with Gasteiger partial charge >= 0.3 is 7.12 Å². The van der Waals surface area contributed by atoms with Crippen LogP contribution in [0.5, 0.6) is 0 Å². The topological polar surface area (TPSA) is 18.5 Å². The van der Waals surface area contributed by atoms with Crippen molar-refractivity contribution in [3.05, 3.63) is 107 Å². The van der Waals surface area contributed by atoms with Gasteiger partial charge in [0.05, 0.1) is 16.6 Å². The summed E-state index contributed by atoms with van der Waals surface area (Å²) in [7, 11) is -0.355. The van der Waals surface area contributed by atoms with Crippen LogP contribution in [0, 0.1) is 0 Å². The summed E-state index contributed by atoms with van der Waals surface area (Å²) in [6.45, 7) is 8.47. The van der Waals surface area contributed by atoms with Gasteiger partial charge in [0.25, 0.3) is 0 Å². The van der Waals surface area contributed by atoms with E-state index in [1.165, 1.54) is 44.5 Å². The molecular weight excluding hydrogens is 415 g/mol. The maximum absolute atomic E-state index is 6.42. The first kappa shape index (κ1) is 20.5. The van der Waals surface area contributed by atoms with Gasteiger partial charge in [0, 0.05) is 0 Å². The van der Waals surface area contributed by atoms with Crippen molar-refractivity contribution in [3.63, 3.8) is 0 Å². The van der Waals surface area contributed by atoms with Crippen molar-refractivity contribution >= 4 is 18.2 Å². The molecule has 1 heterocycles. The summed E-state index contributed by atoms with van der Waals surface area (Å²) in [5.41, 5.74) is 11.2. The van der Waals surface area contributed by atoms with E-state index in [0.717, 1.165) is 18.3 Å². The maximum atomic E-state index is 6.42. The summed E-state index contributed by atoms with van der Waals surface area (Å²) >= 11 is 0. The molecule has 1 spiro atoms. The van der Waals surface area contributed by atoms with Crippen LogP contribution in [0.4, 0.5) is 0 Å². The Kier molecular flexibility index (Phi) is 3.99. The lowest BCUT2D eigenvalue weighted by Gasteiger charge is -2.32. The Balaban J connectivity index is 1.48. The first-order valence-corrected chi connectivity index (χ1v) is 12.5. The van der Waals surface area contributed by atoms with Crippen molar-refractivity contribution in [1.29, 1.82) is 0 Å². The molecule has 0 unspecified atom stereocenters. The number of hydrogen-bond acceptors (Lipinski definition) is 2. The predicted molar refractivity (Wildman–Crippen MR) is 139 cm³/mol. The minimum atomic E-state index is -0.355. The zero-order valence-corrected chi connectivity index (χ0v) is 20.3. The van der Waals surface area contributed by atoms with Gasteiger partial charge in [-0.05, 0) is 90.5 Å². The summed E-state index contributed by atoms with van der Waals surface area (Å²) in [6, 6.07) is 24.8. The Bertz CT molecular complexity index is 1360. The molecule has 0 N–H and O–H groups in total. The van der Waals surface area contributed by atoms with Crippen LogP contribution in [-0.2, 0) is 14.7 Å². The summed E-state index contributed by atoms with van der Waals surface area (Å²) in [4.78, 5) is 0. The molecule has 0 amide bonds. The van der Waals surface area contributed by atoms with Gasteiger partial charge in [0.1, 0.15) is 0 Å². The monoisotopic (exact) mass is 444 g/mol. The molecule has 0 bridgehead atoms. The van der Waals surface area contributed by atoms with Gasteiger partial charge in [-0.15, -0.1) is 0 Å². The lowest BCUT2D eigenvalue weighted by atomic mass is 9.69. The smallest absolute Gasteiger partial charge is 0.399 e. The molecule has 0 aromatic heterocycles. The Morgan fingerprint density at radius 3 is 1.85 bits per heavy atom. The Morgan fingerprint density at radius 1 is 0.647 bits per heavy atom. The van der Waals surface area contributed by atoms with Crippen LogP contribution in [0.3, 0.4) is 0 Å². The molecule has 4 aliphatic rings. The van der Waals surface area contributed by atoms with Crippen molar-refractivity contribution < 1.29 is 9.31 Å². The third-order valence-corrected chi connectivity index (χ3v) is 8.77. The zero-order chi connectivity index (χ0) is 23.3. The molecule has 168 valence electrons. The zero-order valence-electron chi connectivity index (χ0n) is 20.3. The molecule has 0 saturated carbocycles. The maximum Gasteiger partial charge on any atom is 0.494 e. The molecule has 7 rings (SSSR count). The molecule has 0 radical (unpaired) electrons. The van der Waals surface area contributed by atoms with Crippen molar-refractivity contribution in [2.24, 2.45) is 0 Å². The molecule has 3 aromatic rings. The number of rotatable bonds is 1.